The van der Waals surface area contributed by atoms with Crippen molar-refractivity contribution in [2.24, 2.45) is 0 Å². The van der Waals surface area contributed by atoms with Crippen LogP contribution in [-0.4, -0.2) is 28.9 Å². The van der Waals surface area contributed by atoms with Gasteiger partial charge in [0.1, 0.15) is 6.04 Å². The third kappa shape index (κ3) is 3.66. The van der Waals surface area contributed by atoms with Crippen LogP contribution in [0.2, 0.25) is 10.0 Å². The molecule has 26 heavy (non-hydrogen) atoms. The molecule has 1 saturated heterocycles. The van der Waals surface area contributed by atoms with Crippen molar-refractivity contribution in [3.05, 3.63) is 58.1 Å². The van der Waals surface area contributed by atoms with E-state index in [0.29, 0.717) is 27.0 Å². The molecule has 2 N–H and O–H groups in total. The number of para-hydroxylation sites is 1. The zero-order chi connectivity index (χ0) is 18.8. The Kier molecular flexibility index (Phi) is 5.15. The van der Waals surface area contributed by atoms with Crippen molar-refractivity contribution in [2.45, 2.75) is 18.9 Å². The summed E-state index contributed by atoms with van der Waals surface area (Å²) >= 11 is 12.2. The van der Waals surface area contributed by atoms with Gasteiger partial charge >= 0.3 is 5.97 Å². The molecule has 0 saturated carbocycles. The van der Waals surface area contributed by atoms with Gasteiger partial charge in [-0.25, -0.2) is 4.90 Å². The van der Waals surface area contributed by atoms with E-state index in [9.17, 15) is 14.4 Å². The standard InChI is InChI=1S/C18H14Cl2N2O4/c19-12-2-1-3-13(20)17(12)21-14-9-15(23)22(18(14)26)11-6-4-10(5-7-11)8-16(24)25/h1-7,14,21H,8-9H2,(H,24,25). The van der Waals surface area contributed by atoms with Gasteiger partial charge in [-0.1, -0.05) is 41.4 Å². The monoisotopic (exact) mass is 392 g/mol. The predicted molar refractivity (Wildman–Crippen MR) is 98.8 cm³/mol. The molecule has 1 heterocycles. The molecule has 0 spiro atoms. The van der Waals surface area contributed by atoms with Crippen LogP contribution in [0.3, 0.4) is 0 Å². The molecule has 1 aliphatic heterocycles. The predicted octanol–water partition coefficient (Wildman–Crippen LogP) is 3.36. The number of hydrogen-bond acceptors (Lipinski definition) is 4. The molecular weight excluding hydrogens is 379 g/mol. The second-order valence-electron chi connectivity index (χ2n) is 5.80. The number of amides is 2. The van der Waals surface area contributed by atoms with Gasteiger partial charge in [0.2, 0.25) is 5.91 Å². The molecule has 3 rings (SSSR count). The number of carbonyl (C=O) groups excluding carboxylic acids is 2. The van der Waals surface area contributed by atoms with Crippen molar-refractivity contribution in [1.82, 2.24) is 0 Å². The smallest absolute Gasteiger partial charge is 0.307 e. The zero-order valence-electron chi connectivity index (χ0n) is 13.4. The molecule has 8 heteroatoms. The van der Waals surface area contributed by atoms with Crippen molar-refractivity contribution < 1.29 is 19.5 Å². The number of halogens is 2. The Labute approximate surface area is 159 Å². The minimum Gasteiger partial charge on any atom is -0.481 e. The van der Waals surface area contributed by atoms with Crippen LogP contribution in [0.5, 0.6) is 0 Å². The fourth-order valence-electron chi connectivity index (χ4n) is 2.76. The second kappa shape index (κ2) is 7.35. The lowest BCUT2D eigenvalue weighted by Gasteiger charge is -2.17. The SMILES string of the molecule is O=C(O)Cc1ccc(N2C(=O)CC(Nc3c(Cl)cccc3Cl)C2=O)cc1. The van der Waals surface area contributed by atoms with Crippen molar-refractivity contribution >= 4 is 52.4 Å². The summed E-state index contributed by atoms with van der Waals surface area (Å²) < 4.78 is 0. The molecule has 0 aromatic heterocycles. The summed E-state index contributed by atoms with van der Waals surface area (Å²) in [6, 6.07) is 10.4. The Hall–Kier alpha value is -2.57. The van der Waals surface area contributed by atoms with Crippen LogP contribution < -0.4 is 10.2 Å². The fourth-order valence-corrected chi connectivity index (χ4v) is 3.27. The van der Waals surface area contributed by atoms with E-state index in [0.717, 1.165) is 4.90 Å². The van der Waals surface area contributed by atoms with E-state index < -0.39 is 17.9 Å². The van der Waals surface area contributed by atoms with Gasteiger partial charge in [-0.15, -0.1) is 0 Å². The lowest BCUT2D eigenvalue weighted by molar-refractivity contribution is -0.136. The average molecular weight is 393 g/mol. The molecule has 0 aliphatic carbocycles. The van der Waals surface area contributed by atoms with Crippen LogP contribution in [0.4, 0.5) is 11.4 Å². The molecule has 0 radical (unpaired) electrons. The van der Waals surface area contributed by atoms with Crippen molar-refractivity contribution in [3.8, 4) is 0 Å². The van der Waals surface area contributed by atoms with Crippen LogP contribution in [0.1, 0.15) is 12.0 Å². The van der Waals surface area contributed by atoms with Crippen molar-refractivity contribution in [3.63, 3.8) is 0 Å². The molecule has 1 aliphatic rings. The molecular formula is C18H14Cl2N2O4. The molecule has 1 fully saturated rings. The van der Waals surface area contributed by atoms with Crippen molar-refractivity contribution in [1.29, 1.82) is 0 Å². The van der Waals surface area contributed by atoms with Gasteiger partial charge < -0.3 is 10.4 Å². The number of nitrogens with zero attached hydrogens (tertiary/aromatic N) is 1. The van der Waals surface area contributed by atoms with E-state index in [-0.39, 0.29) is 18.7 Å². The summed E-state index contributed by atoms with van der Waals surface area (Å²) in [5, 5.41) is 12.5. The Bertz CT molecular complexity index is 863. The van der Waals surface area contributed by atoms with Gasteiger partial charge in [0, 0.05) is 0 Å². The lowest BCUT2D eigenvalue weighted by Crippen LogP contribution is -2.34. The van der Waals surface area contributed by atoms with Gasteiger partial charge in [-0.3, -0.25) is 14.4 Å². The van der Waals surface area contributed by atoms with Crippen LogP contribution in [0, 0.1) is 0 Å². The molecule has 0 bridgehead atoms. The van der Waals surface area contributed by atoms with E-state index in [4.69, 9.17) is 28.3 Å². The van der Waals surface area contributed by atoms with Gasteiger partial charge in [-0.05, 0) is 29.8 Å². The Balaban J connectivity index is 1.80. The maximum atomic E-state index is 12.7. The van der Waals surface area contributed by atoms with E-state index in [2.05, 4.69) is 5.32 Å². The minimum absolute atomic E-state index is 0.0305. The third-order valence-electron chi connectivity index (χ3n) is 3.98. The van der Waals surface area contributed by atoms with E-state index in [1.807, 2.05) is 0 Å². The van der Waals surface area contributed by atoms with Gasteiger partial charge in [0.05, 0.1) is 34.3 Å². The first-order valence-corrected chi connectivity index (χ1v) is 8.50. The minimum atomic E-state index is -0.952. The van der Waals surface area contributed by atoms with Crippen molar-refractivity contribution in [2.75, 3.05) is 10.2 Å². The summed E-state index contributed by atoms with van der Waals surface area (Å²) in [5.41, 5.74) is 1.38. The Morgan fingerprint density at radius 3 is 2.31 bits per heavy atom. The quantitative estimate of drug-likeness (QED) is 0.761. The van der Waals surface area contributed by atoms with Gasteiger partial charge in [0.25, 0.3) is 5.91 Å². The number of carboxylic acids is 1. The number of aliphatic carboxylic acids is 1. The first-order chi connectivity index (χ1) is 12.4. The third-order valence-corrected chi connectivity index (χ3v) is 4.61. The number of carbonyl (C=O) groups is 3. The van der Waals surface area contributed by atoms with Crippen LogP contribution in [0.15, 0.2) is 42.5 Å². The molecule has 2 aromatic carbocycles. The van der Waals surface area contributed by atoms with E-state index >= 15 is 0 Å². The molecule has 2 aromatic rings. The first-order valence-electron chi connectivity index (χ1n) is 7.75. The van der Waals surface area contributed by atoms with Crippen LogP contribution >= 0.6 is 23.2 Å². The first kappa shape index (κ1) is 18.2. The molecule has 1 atom stereocenters. The normalized spacial score (nSPS) is 16.8. The summed E-state index contributed by atoms with van der Waals surface area (Å²) in [6.45, 7) is 0. The number of hydrogen-bond donors (Lipinski definition) is 2. The highest BCUT2D eigenvalue weighted by Crippen LogP contribution is 2.33. The fraction of sp³-hybridized carbons (Fsp3) is 0.167. The average Bonchev–Trinajstić information content (AvgIpc) is 2.85. The number of carboxylic acid groups (broad SMARTS) is 1. The molecule has 6 nitrogen and oxygen atoms in total. The topological polar surface area (TPSA) is 86.7 Å². The maximum Gasteiger partial charge on any atom is 0.307 e. The Morgan fingerprint density at radius 2 is 1.73 bits per heavy atom. The maximum absolute atomic E-state index is 12.7. The Morgan fingerprint density at radius 1 is 1.12 bits per heavy atom. The van der Waals surface area contributed by atoms with Crippen LogP contribution in [0.25, 0.3) is 0 Å². The summed E-state index contributed by atoms with van der Waals surface area (Å²) in [7, 11) is 0. The largest absolute Gasteiger partial charge is 0.481 e. The number of anilines is 2. The number of benzene rings is 2. The number of imide groups is 1. The van der Waals surface area contributed by atoms with Crippen LogP contribution in [-0.2, 0) is 20.8 Å². The summed E-state index contributed by atoms with van der Waals surface area (Å²) in [4.78, 5) is 36.8. The highest BCUT2D eigenvalue weighted by molar-refractivity contribution is 6.39. The highest BCUT2D eigenvalue weighted by Gasteiger charge is 2.40. The van der Waals surface area contributed by atoms with E-state index in [1.54, 1.807) is 42.5 Å². The lowest BCUT2D eigenvalue weighted by atomic mass is 10.1. The highest BCUT2D eigenvalue weighted by atomic mass is 35.5. The molecule has 134 valence electrons. The number of rotatable bonds is 5. The number of nitrogens with one attached hydrogen (secondary N) is 1. The van der Waals surface area contributed by atoms with E-state index in [1.165, 1.54) is 0 Å². The molecule has 2 amide bonds. The second-order valence-corrected chi connectivity index (χ2v) is 6.62. The van der Waals surface area contributed by atoms with Gasteiger partial charge in [-0.2, -0.15) is 0 Å². The summed E-state index contributed by atoms with van der Waals surface area (Å²) in [6.07, 6.45) is -0.158. The summed E-state index contributed by atoms with van der Waals surface area (Å²) in [5.74, 6) is -1.73. The molecule has 1 unspecified atom stereocenters. The zero-order valence-corrected chi connectivity index (χ0v) is 14.9. The van der Waals surface area contributed by atoms with Gasteiger partial charge in [0.15, 0.2) is 0 Å².